The summed E-state index contributed by atoms with van der Waals surface area (Å²) >= 11 is 0. The smallest absolute Gasteiger partial charge is 0.187 e. The molecule has 1 saturated heterocycles. The van der Waals surface area contributed by atoms with E-state index in [0.29, 0.717) is 42.7 Å². The molecular formula is C23H28N8O2. The first kappa shape index (κ1) is 21.5. The van der Waals surface area contributed by atoms with Crippen molar-refractivity contribution in [2.45, 2.75) is 25.3 Å². The fourth-order valence-corrected chi connectivity index (χ4v) is 4.06. The van der Waals surface area contributed by atoms with Crippen LogP contribution in [-0.2, 0) is 11.2 Å². The Morgan fingerprint density at radius 1 is 1.06 bits per heavy atom. The van der Waals surface area contributed by atoms with Crippen LogP contribution in [0.1, 0.15) is 30.3 Å². The number of benzene rings is 1. The Morgan fingerprint density at radius 3 is 2.67 bits per heavy atom. The van der Waals surface area contributed by atoms with Crippen molar-refractivity contribution in [1.29, 1.82) is 0 Å². The fourth-order valence-electron chi connectivity index (χ4n) is 4.06. The highest BCUT2D eigenvalue weighted by atomic mass is 16.5. The van der Waals surface area contributed by atoms with Gasteiger partial charge in [-0.1, -0.05) is 5.21 Å². The Labute approximate surface area is 192 Å². The average Bonchev–Trinajstić information content (AvgIpc) is 3.47. The highest BCUT2D eigenvalue weighted by Crippen LogP contribution is 2.22. The number of likely N-dealkylation sites (tertiary alicyclic amines) is 1. The highest BCUT2D eigenvalue weighted by molar-refractivity contribution is 5.70. The predicted octanol–water partition coefficient (Wildman–Crippen LogP) is 2.29. The third kappa shape index (κ3) is 4.86. The number of ether oxygens (including phenoxy) is 2. The summed E-state index contributed by atoms with van der Waals surface area (Å²) in [4.78, 5) is 11.6. The standard InChI is InChI=1S/C23H28N8O2/c1-29-9-7-18(8-10-29)30-16-17(14-25-30)13-22-24-15-21-23(26-22)31(28-27-21)19-3-5-20(6-4-19)33-12-11-32-2/h3-6,14-16,18H,7-13H2,1-2H3. The third-order valence-electron chi connectivity index (χ3n) is 5.96. The quantitative estimate of drug-likeness (QED) is 0.379. The predicted molar refractivity (Wildman–Crippen MR) is 123 cm³/mol. The lowest BCUT2D eigenvalue weighted by molar-refractivity contribution is 0.146. The van der Waals surface area contributed by atoms with Gasteiger partial charge in [-0.05, 0) is 62.8 Å². The first-order valence-corrected chi connectivity index (χ1v) is 11.2. The van der Waals surface area contributed by atoms with E-state index in [4.69, 9.17) is 14.5 Å². The van der Waals surface area contributed by atoms with Crippen LogP contribution in [0.3, 0.4) is 0 Å². The third-order valence-corrected chi connectivity index (χ3v) is 5.96. The van der Waals surface area contributed by atoms with Gasteiger partial charge in [-0.25, -0.2) is 9.97 Å². The van der Waals surface area contributed by atoms with Gasteiger partial charge in [-0.3, -0.25) is 4.68 Å². The maximum absolute atomic E-state index is 5.64. The summed E-state index contributed by atoms with van der Waals surface area (Å²) in [6.07, 6.45) is 8.64. The minimum absolute atomic E-state index is 0.463. The Morgan fingerprint density at radius 2 is 1.88 bits per heavy atom. The van der Waals surface area contributed by atoms with E-state index < -0.39 is 0 Å². The molecule has 1 aliphatic rings. The Kier molecular flexibility index (Phi) is 6.27. The monoisotopic (exact) mass is 448 g/mol. The van der Waals surface area contributed by atoms with E-state index in [1.165, 1.54) is 0 Å². The van der Waals surface area contributed by atoms with E-state index >= 15 is 0 Å². The summed E-state index contributed by atoms with van der Waals surface area (Å²) in [5.74, 6) is 1.49. The van der Waals surface area contributed by atoms with Crippen LogP contribution in [0.5, 0.6) is 5.75 Å². The second-order valence-corrected chi connectivity index (χ2v) is 8.37. The van der Waals surface area contributed by atoms with Gasteiger partial charge < -0.3 is 14.4 Å². The average molecular weight is 449 g/mol. The first-order chi connectivity index (χ1) is 16.2. The van der Waals surface area contributed by atoms with Crippen LogP contribution in [0.15, 0.2) is 42.9 Å². The van der Waals surface area contributed by atoms with Gasteiger partial charge >= 0.3 is 0 Å². The normalized spacial score (nSPS) is 15.3. The summed E-state index contributed by atoms with van der Waals surface area (Å²) in [7, 11) is 3.82. The summed E-state index contributed by atoms with van der Waals surface area (Å²) in [6.45, 7) is 3.27. The molecule has 0 atom stereocenters. The maximum atomic E-state index is 5.64. The lowest BCUT2D eigenvalue weighted by Crippen LogP contribution is -2.31. The van der Waals surface area contributed by atoms with Crippen molar-refractivity contribution in [3.05, 3.63) is 54.2 Å². The number of aromatic nitrogens is 7. The van der Waals surface area contributed by atoms with Gasteiger partial charge in [0.05, 0.1) is 30.7 Å². The SMILES string of the molecule is COCCOc1ccc(-n2nnc3cnc(Cc4cnn(C5CCN(C)CC5)c4)nc32)cc1. The lowest BCUT2D eigenvalue weighted by Gasteiger charge is -2.28. The fraction of sp³-hybridized carbons (Fsp3) is 0.435. The number of hydrogen-bond donors (Lipinski definition) is 0. The number of piperidine rings is 1. The van der Waals surface area contributed by atoms with Gasteiger partial charge in [0, 0.05) is 19.7 Å². The summed E-state index contributed by atoms with van der Waals surface area (Å²) in [6, 6.07) is 8.13. The number of fused-ring (bicyclic) bond motifs is 1. The molecule has 1 fully saturated rings. The van der Waals surface area contributed by atoms with E-state index in [1.807, 2.05) is 30.5 Å². The minimum atomic E-state index is 0.463. The van der Waals surface area contributed by atoms with Gasteiger partial charge in [-0.2, -0.15) is 9.78 Å². The molecule has 5 rings (SSSR count). The zero-order chi connectivity index (χ0) is 22.6. The number of hydrogen-bond acceptors (Lipinski definition) is 8. The van der Waals surface area contributed by atoms with Gasteiger partial charge in [0.2, 0.25) is 0 Å². The van der Waals surface area contributed by atoms with E-state index in [2.05, 4.69) is 43.2 Å². The summed E-state index contributed by atoms with van der Waals surface area (Å²) < 4.78 is 14.5. The van der Waals surface area contributed by atoms with Crippen molar-refractivity contribution in [3.8, 4) is 11.4 Å². The molecule has 0 bridgehead atoms. The molecule has 0 spiro atoms. The van der Waals surface area contributed by atoms with Crippen molar-refractivity contribution < 1.29 is 9.47 Å². The van der Waals surface area contributed by atoms with Crippen molar-refractivity contribution >= 4 is 11.2 Å². The summed E-state index contributed by atoms with van der Waals surface area (Å²) in [5.41, 5.74) is 3.29. The van der Waals surface area contributed by atoms with Crippen molar-refractivity contribution in [3.63, 3.8) is 0 Å². The molecule has 0 radical (unpaired) electrons. The molecule has 172 valence electrons. The van der Waals surface area contributed by atoms with Gasteiger partial charge in [0.25, 0.3) is 0 Å². The molecule has 0 saturated carbocycles. The van der Waals surface area contributed by atoms with Crippen molar-refractivity contribution in [2.24, 2.45) is 0 Å². The maximum Gasteiger partial charge on any atom is 0.187 e. The number of methoxy groups -OCH3 is 1. The number of nitrogens with zero attached hydrogens (tertiary/aromatic N) is 8. The van der Waals surface area contributed by atoms with Crippen molar-refractivity contribution in [1.82, 2.24) is 39.6 Å². The van der Waals surface area contributed by atoms with E-state index in [0.717, 1.165) is 42.9 Å². The minimum Gasteiger partial charge on any atom is -0.491 e. The highest BCUT2D eigenvalue weighted by Gasteiger charge is 2.19. The molecule has 10 heteroatoms. The second kappa shape index (κ2) is 9.63. The van der Waals surface area contributed by atoms with Crippen LogP contribution in [0, 0.1) is 0 Å². The van der Waals surface area contributed by atoms with Gasteiger partial charge in [0.1, 0.15) is 18.2 Å². The van der Waals surface area contributed by atoms with E-state index in [1.54, 1.807) is 18.0 Å². The first-order valence-electron chi connectivity index (χ1n) is 11.2. The molecular weight excluding hydrogens is 420 g/mol. The van der Waals surface area contributed by atoms with Crippen LogP contribution in [0.25, 0.3) is 16.9 Å². The van der Waals surface area contributed by atoms with Crippen molar-refractivity contribution in [2.75, 3.05) is 40.5 Å². The molecule has 3 aromatic heterocycles. The number of rotatable bonds is 8. The van der Waals surface area contributed by atoms with Crippen LogP contribution in [0.2, 0.25) is 0 Å². The van der Waals surface area contributed by atoms with Crippen LogP contribution >= 0.6 is 0 Å². The molecule has 4 heterocycles. The lowest BCUT2D eigenvalue weighted by atomic mass is 10.1. The zero-order valence-electron chi connectivity index (χ0n) is 19.0. The molecule has 4 aromatic rings. The van der Waals surface area contributed by atoms with Gasteiger partial charge in [0.15, 0.2) is 11.2 Å². The second-order valence-electron chi connectivity index (χ2n) is 8.37. The molecule has 0 amide bonds. The molecule has 0 unspecified atom stereocenters. The molecule has 0 N–H and O–H groups in total. The Hall–Kier alpha value is -3.37. The summed E-state index contributed by atoms with van der Waals surface area (Å²) in [5, 5.41) is 13.1. The van der Waals surface area contributed by atoms with Crippen LogP contribution in [0.4, 0.5) is 0 Å². The van der Waals surface area contributed by atoms with E-state index in [9.17, 15) is 0 Å². The van der Waals surface area contributed by atoms with E-state index in [-0.39, 0.29) is 0 Å². The van der Waals surface area contributed by atoms with Crippen LogP contribution < -0.4 is 4.74 Å². The Balaban J connectivity index is 1.31. The molecule has 0 aliphatic carbocycles. The largest absolute Gasteiger partial charge is 0.491 e. The molecule has 33 heavy (non-hydrogen) atoms. The molecule has 1 aliphatic heterocycles. The zero-order valence-corrected chi connectivity index (χ0v) is 19.0. The topological polar surface area (TPSA) is 96.0 Å². The van der Waals surface area contributed by atoms with Gasteiger partial charge in [-0.15, -0.1) is 5.10 Å². The molecule has 1 aromatic carbocycles. The Bertz CT molecular complexity index is 1190. The molecule has 10 nitrogen and oxygen atoms in total. The van der Waals surface area contributed by atoms with Crippen LogP contribution in [-0.4, -0.2) is 80.1 Å².